The Labute approximate surface area is 130 Å². The van der Waals surface area contributed by atoms with Crippen LogP contribution in [0.4, 0.5) is 5.95 Å². The van der Waals surface area contributed by atoms with Gasteiger partial charge in [-0.2, -0.15) is 4.98 Å². The number of rotatable bonds is 3. The van der Waals surface area contributed by atoms with Gasteiger partial charge in [0.15, 0.2) is 0 Å². The maximum absolute atomic E-state index is 5.22. The molecule has 2 aliphatic rings. The molecule has 0 radical (unpaired) electrons. The first-order valence-electron chi connectivity index (χ1n) is 8.06. The zero-order chi connectivity index (χ0) is 14.9. The fraction of sp³-hybridized carbons (Fsp3) is 0.562. The van der Waals surface area contributed by atoms with Crippen molar-refractivity contribution >= 4 is 5.95 Å². The third-order valence-electron chi connectivity index (χ3n) is 4.62. The minimum absolute atomic E-state index is 0.248. The lowest BCUT2D eigenvalue weighted by molar-refractivity contribution is 0.396. The van der Waals surface area contributed by atoms with E-state index >= 15 is 0 Å². The highest BCUT2D eigenvalue weighted by molar-refractivity contribution is 5.37. The maximum Gasteiger partial charge on any atom is 0.229 e. The SMILES string of the molecule is COc1ccnc(N2CCCC2c2nc3c([nH]2)CCCC3)n1. The molecule has 0 saturated carbocycles. The predicted octanol–water partition coefficient (Wildman–Crippen LogP) is 2.43. The normalized spacial score (nSPS) is 21.0. The highest BCUT2D eigenvalue weighted by atomic mass is 16.5. The first kappa shape index (κ1) is 13.5. The summed E-state index contributed by atoms with van der Waals surface area (Å²) in [5, 5.41) is 0. The molecule has 1 saturated heterocycles. The molecule has 0 amide bonds. The Balaban J connectivity index is 1.64. The predicted molar refractivity (Wildman–Crippen MR) is 83.1 cm³/mol. The average molecular weight is 299 g/mol. The lowest BCUT2D eigenvalue weighted by atomic mass is 10.0. The van der Waals surface area contributed by atoms with E-state index in [0.717, 1.165) is 44.0 Å². The average Bonchev–Trinajstić information content (AvgIpc) is 3.21. The van der Waals surface area contributed by atoms with Gasteiger partial charge in [0.05, 0.1) is 18.8 Å². The molecule has 1 aliphatic carbocycles. The van der Waals surface area contributed by atoms with Gasteiger partial charge in [0, 0.05) is 24.5 Å². The highest BCUT2D eigenvalue weighted by Crippen LogP contribution is 2.34. The van der Waals surface area contributed by atoms with Crippen LogP contribution in [0.25, 0.3) is 0 Å². The van der Waals surface area contributed by atoms with E-state index in [-0.39, 0.29) is 6.04 Å². The molecule has 4 rings (SSSR count). The number of anilines is 1. The number of nitrogens with zero attached hydrogens (tertiary/aromatic N) is 4. The zero-order valence-corrected chi connectivity index (χ0v) is 12.9. The van der Waals surface area contributed by atoms with Gasteiger partial charge in [0.25, 0.3) is 0 Å². The molecule has 1 N–H and O–H groups in total. The molecule has 2 aromatic rings. The lowest BCUT2D eigenvalue weighted by Gasteiger charge is -2.23. The van der Waals surface area contributed by atoms with Crippen LogP contribution in [0.1, 0.15) is 48.9 Å². The van der Waals surface area contributed by atoms with Crippen LogP contribution in [0.2, 0.25) is 0 Å². The van der Waals surface area contributed by atoms with Crippen molar-refractivity contribution in [1.82, 2.24) is 19.9 Å². The summed E-state index contributed by atoms with van der Waals surface area (Å²) in [4.78, 5) is 19.6. The van der Waals surface area contributed by atoms with Crippen LogP contribution in [-0.4, -0.2) is 33.6 Å². The van der Waals surface area contributed by atoms with E-state index in [2.05, 4.69) is 19.9 Å². The minimum Gasteiger partial charge on any atom is -0.481 e. The number of aromatic amines is 1. The third-order valence-corrected chi connectivity index (χ3v) is 4.62. The van der Waals surface area contributed by atoms with Crippen molar-refractivity contribution in [3.63, 3.8) is 0 Å². The third kappa shape index (κ3) is 2.32. The Morgan fingerprint density at radius 1 is 1.23 bits per heavy atom. The number of methoxy groups -OCH3 is 1. The Morgan fingerprint density at radius 3 is 3.00 bits per heavy atom. The van der Waals surface area contributed by atoms with E-state index in [1.165, 1.54) is 24.2 Å². The molecule has 0 bridgehead atoms. The highest BCUT2D eigenvalue weighted by Gasteiger charge is 2.31. The lowest BCUT2D eigenvalue weighted by Crippen LogP contribution is -2.25. The van der Waals surface area contributed by atoms with Crippen LogP contribution >= 0.6 is 0 Å². The number of fused-ring (bicyclic) bond motifs is 1. The van der Waals surface area contributed by atoms with E-state index in [9.17, 15) is 0 Å². The summed E-state index contributed by atoms with van der Waals surface area (Å²) in [6, 6.07) is 2.03. The summed E-state index contributed by atoms with van der Waals surface area (Å²) in [6.07, 6.45) is 8.73. The second kappa shape index (κ2) is 5.59. The Hall–Kier alpha value is -2.11. The fourth-order valence-electron chi connectivity index (χ4n) is 3.51. The van der Waals surface area contributed by atoms with Crippen molar-refractivity contribution < 1.29 is 4.74 Å². The van der Waals surface area contributed by atoms with Gasteiger partial charge in [0.1, 0.15) is 5.82 Å². The molecule has 1 fully saturated rings. The van der Waals surface area contributed by atoms with E-state index < -0.39 is 0 Å². The molecule has 6 heteroatoms. The molecule has 2 aromatic heterocycles. The van der Waals surface area contributed by atoms with Crippen molar-refractivity contribution in [2.45, 2.75) is 44.6 Å². The molecule has 6 nitrogen and oxygen atoms in total. The maximum atomic E-state index is 5.22. The number of aryl methyl sites for hydroxylation is 2. The quantitative estimate of drug-likeness (QED) is 0.943. The van der Waals surface area contributed by atoms with Gasteiger partial charge in [-0.05, 0) is 38.5 Å². The van der Waals surface area contributed by atoms with E-state index in [4.69, 9.17) is 9.72 Å². The Morgan fingerprint density at radius 2 is 2.14 bits per heavy atom. The van der Waals surface area contributed by atoms with Crippen LogP contribution < -0.4 is 9.64 Å². The van der Waals surface area contributed by atoms with Crippen molar-refractivity contribution in [3.8, 4) is 5.88 Å². The summed E-state index contributed by atoms with van der Waals surface area (Å²) in [6.45, 7) is 0.962. The number of nitrogens with one attached hydrogen (secondary N) is 1. The molecule has 1 unspecified atom stereocenters. The monoisotopic (exact) mass is 299 g/mol. The standard InChI is InChI=1S/C16H21N5O/c1-22-14-8-9-17-16(20-14)21-10-4-7-13(21)15-18-11-5-2-3-6-12(11)19-15/h8-9,13H,2-7,10H2,1H3,(H,18,19). The molecule has 116 valence electrons. The molecular formula is C16H21N5O. The molecule has 22 heavy (non-hydrogen) atoms. The van der Waals surface area contributed by atoms with Gasteiger partial charge in [-0.15, -0.1) is 0 Å². The summed E-state index contributed by atoms with van der Waals surface area (Å²) in [7, 11) is 1.63. The molecule has 1 aliphatic heterocycles. The molecule has 1 atom stereocenters. The van der Waals surface area contributed by atoms with Crippen molar-refractivity contribution in [2.24, 2.45) is 0 Å². The first-order valence-corrected chi connectivity index (χ1v) is 8.06. The summed E-state index contributed by atoms with van der Waals surface area (Å²) in [5.41, 5.74) is 2.60. The largest absolute Gasteiger partial charge is 0.481 e. The van der Waals surface area contributed by atoms with Gasteiger partial charge in [-0.3, -0.25) is 0 Å². The van der Waals surface area contributed by atoms with Crippen molar-refractivity contribution in [1.29, 1.82) is 0 Å². The smallest absolute Gasteiger partial charge is 0.229 e. The number of imidazole rings is 1. The molecular weight excluding hydrogens is 278 g/mol. The van der Waals surface area contributed by atoms with E-state index in [1.54, 1.807) is 19.4 Å². The number of aromatic nitrogens is 4. The second-order valence-electron chi connectivity index (χ2n) is 6.00. The Bertz CT molecular complexity index is 645. The number of H-pyrrole nitrogens is 1. The van der Waals surface area contributed by atoms with Gasteiger partial charge in [-0.25, -0.2) is 9.97 Å². The Kier molecular flexibility index (Phi) is 3.44. The van der Waals surface area contributed by atoms with Crippen molar-refractivity contribution in [3.05, 3.63) is 29.5 Å². The number of hydrogen-bond donors (Lipinski definition) is 1. The van der Waals surface area contributed by atoms with Gasteiger partial charge >= 0.3 is 0 Å². The topological polar surface area (TPSA) is 66.9 Å². The fourth-order valence-corrected chi connectivity index (χ4v) is 3.51. The van der Waals surface area contributed by atoms with Crippen LogP contribution in [0.3, 0.4) is 0 Å². The second-order valence-corrected chi connectivity index (χ2v) is 6.00. The van der Waals surface area contributed by atoms with Crippen molar-refractivity contribution in [2.75, 3.05) is 18.6 Å². The minimum atomic E-state index is 0.248. The van der Waals surface area contributed by atoms with Crippen LogP contribution in [0, 0.1) is 0 Å². The van der Waals surface area contributed by atoms with Gasteiger partial charge in [-0.1, -0.05) is 0 Å². The summed E-state index contributed by atoms with van der Waals surface area (Å²) >= 11 is 0. The van der Waals surface area contributed by atoms with Crippen LogP contribution in [-0.2, 0) is 12.8 Å². The molecule has 0 aromatic carbocycles. The first-order chi connectivity index (χ1) is 10.8. The summed E-state index contributed by atoms with van der Waals surface area (Å²) in [5.74, 6) is 2.42. The number of hydrogen-bond acceptors (Lipinski definition) is 5. The van der Waals surface area contributed by atoms with Gasteiger partial charge < -0.3 is 14.6 Å². The molecule has 0 spiro atoms. The van der Waals surface area contributed by atoms with Crippen LogP contribution in [0.15, 0.2) is 12.3 Å². The van der Waals surface area contributed by atoms with Crippen LogP contribution in [0.5, 0.6) is 5.88 Å². The van der Waals surface area contributed by atoms with E-state index in [0.29, 0.717) is 5.88 Å². The summed E-state index contributed by atoms with van der Waals surface area (Å²) < 4.78 is 5.22. The molecule has 3 heterocycles. The number of ether oxygens (including phenoxy) is 1. The zero-order valence-electron chi connectivity index (χ0n) is 12.9. The van der Waals surface area contributed by atoms with E-state index in [1.807, 2.05) is 0 Å². The van der Waals surface area contributed by atoms with Gasteiger partial charge in [0.2, 0.25) is 11.8 Å².